The lowest BCUT2D eigenvalue weighted by Crippen LogP contribution is -2.13. The molecule has 0 fully saturated rings. The molecule has 4 nitrogen and oxygen atoms in total. The van der Waals surface area contributed by atoms with Crippen molar-refractivity contribution in [2.24, 2.45) is 5.73 Å². The highest BCUT2D eigenvalue weighted by atomic mass is 35.5. The molecule has 21 heavy (non-hydrogen) atoms. The van der Waals surface area contributed by atoms with Crippen molar-refractivity contribution in [2.45, 2.75) is 13.0 Å². The molecular formula is C16H15ClN2O2. The van der Waals surface area contributed by atoms with Crippen LogP contribution in [-0.4, -0.2) is 12.4 Å². The summed E-state index contributed by atoms with van der Waals surface area (Å²) in [7, 11) is 0. The van der Waals surface area contributed by atoms with Crippen LogP contribution < -0.4 is 15.2 Å². The summed E-state index contributed by atoms with van der Waals surface area (Å²) in [6.45, 7) is 1.000. The minimum Gasteiger partial charge on any atom is -0.493 e. The molecule has 0 amide bonds. The summed E-state index contributed by atoms with van der Waals surface area (Å²) in [6.07, 6.45) is 0.868. The smallest absolute Gasteiger partial charge is 0.130 e. The Balaban J connectivity index is 1.85. The van der Waals surface area contributed by atoms with Crippen LogP contribution in [0.25, 0.3) is 0 Å². The van der Waals surface area contributed by atoms with Crippen molar-refractivity contribution in [3.63, 3.8) is 0 Å². The zero-order valence-corrected chi connectivity index (χ0v) is 12.1. The van der Waals surface area contributed by atoms with E-state index < -0.39 is 0 Å². The van der Waals surface area contributed by atoms with Crippen molar-refractivity contribution in [3.05, 3.63) is 58.1 Å². The normalized spacial score (nSPS) is 12.6. The van der Waals surface area contributed by atoms with E-state index in [1.807, 2.05) is 24.3 Å². The molecule has 1 heterocycles. The van der Waals surface area contributed by atoms with Crippen molar-refractivity contribution >= 4 is 17.4 Å². The van der Waals surface area contributed by atoms with E-state index in [0.717, 1.165) is 23.3 Å². The molecule has 2 aromatic rings. The van der Waals surface area contributed by atoms with E-state index in [1.165, 1.54) is 0 Å². The third-order valence-electron chi connectivity index (χ3n) is 3.39. The van der Waals surface area contributed by atoms with Gasteiger partial charge in [-0.15, -0.1) is 0 Å². The molecule has 1 aliphatic rings. The van der Waals surface area contributed by atoms with Crippen molar-refractivity contribution < 1.29 is 9.47 Å². The molecule has 0 unspecified atom stereocenters. The topological polar surface area (TPSA) is 68.3 Å². The molecule has 0 atom stereocenters. The maximum absolute atomic E-state index is 7.57. The first kappa shape index (κ1) is 13.8. The minimum atomic E-state index is -0.0156. The zero-order valence-electron chi connectivity index (χ0n) is 11.4. The van der Waals surface area contributed by atoms with Crippen LogP contribution in [0.4, 0.5) is 0 Å². The molecule has 0 bridgehead atoms. The summed E-state index contributed by atoms with van der Waals surface area (Å²) in [5, 5.41) is 8.25. The van der Waals surface area contributed by atoms with Crippen LogP contribution in [0.3, 0.4) is 0 Å². The number of benzene rings is 2. The van der Waals surface area contributed by atoms with Gasteiger partial charge < -0.3 is 15.2 Å². The average Bonchev–Trinajstić information content (AvgIpc) is 2.93. The number of hydrogen-bond acceptors (Lipinski definition) is 3. The predicted octanol–water partition coefficient (Wildman–Crippen LogP) is 3.14. The van der Waals surface area contributed by atoms with Gasteiger partial charge in [-0.3, -0.25) is 5.41 Å². The second-order valence-corrected chi connectivity index (χ2v) is 5.29. The molecule has 2 aromatic carbocycles. The number of halogens is 1. The largest absolute Gasteiger partial charge is 0.493 e. The van der Waals surface area contributed by atoms with Gasteiger partial charge in [0.05, 0.1) is 12.2 Å². The fourth-order valence-corrected chi connectivity index (χ4v) is 2.69. The molecule has 5 heteroatoms. The maximum atomic E-state index is 7.57. The van der Waals surface area contributed by atoms with E-state index in [1.54, 1.807) is 12.1 Å². The Kier molecular flexibility index (Phi) is 3.71. The second-order valence-electron chi connectivity index (χ2n) is 4.85. The van der Waals surface area contributed by atoms with Gasteiger partial charge in [-0.2, -0.15) is 0 Å². The highest BCUT2D eigenvalue weighted by Gasteiger charge is 2.18. The fourth-order valence-electron chi connectivity index (χ4n) is 2.42. The predicted molar refractivity (Wildman–Crippen MR) is 82.4 cm³/mol. The summed E-state index contributed by atoms with van der Waals surface area (Å²) in [6, 6.07) is 11.0. The number of para-hydroxylation sites is 1. The van der Waals surface area contributed by atoms with Crippen LogP contribution in [0.15, 0.2) is 36.4 Å². The standard InChI is InChI=1S/C16H15ClN2O2/c17-12-7-10-5-6-20-15(10)11(8-12)9-21-14-4-2-1-3-13(14)16(18)19/h1-4,7-8H,5-6,9H2,(H3,18,19). The third-order valence-corrected chi connectivity index (χ3v) is 3.60. The first-order valence-electron chi connectivity index (χ1n) is 6.65. The second kappa shape index (κ2) is 5.66. The lowest BCUT2D eigenvalue weighted by atomic mass is 10.1. The van der Waals surface area contributed by atoms with Crippen molar-refractivity contribution in [2.75, 3.05) is 6.61 Å². The molecule has 0 spiro atoms. The lowest BCUT2D eigenvalue weighted by molar-refractivity contribution is 0.291. The SMILES string of the molecule is N=C(N)c1ccccc1OCc1cc(Cl)cc2c1OCC2. The Morgan fingerprint density at radius 1 is 1.33 bits per heavy atom. The highest BCUT2D eigenvalue weighted by Crippen LogP contribution is 2.33. The average molecular weight is 303 g/mol. The van der Waals surface area contributed by atoms with Crippen molar-refractivity contribution in [1.29, 1.82) is 5.41 Å². The fraction of sp³-hybridized carbons (Fsp3) is 0.188. The van der Waals surface area contributed by atoms with Crippen LogP contribution in [0.2, 0.25) is 5.02 Å². The molecule has 0 aromatic heterocycles. The Hall–Kier alpha value is -2.20. The van der Waals surface area contributed by atoms with Crippen LogP contribution in [0.1, 0.15) is 16.7 Å². The van der Waals surface area contributed by atoms with Gasteiger partial charge >= 0.3 is 0 Å². The number of amidine groups is 1. The minimum absolute atomic E-state index is 0.0156. The van der Waals surface area contributed by atoms with Crippen LogP contribution >= 0.6 is 11.6 Å². The van der Waals surface area contributed by atoms with E-state index in [4.69, 9.17) is 32.2 Å². The molecule has 0 aliphatic carbocycles. The molecule has 3 rings (SSSR count). The number of fused-ring (bicyclic) bond motifs is 1. The van der Waals surface area contributed by atoms with E-state index in [0.29, 0.717) is 29.5 Å². The zero-order chi connectivity index (χ0) is 14.8. The summed E-state index contributed by atoms with van der Waals surface area (Å²) in [5.41, 5.74) is 8.16. The molecule has 1 aliphatic heterocycles. The van der Waals surface area contributed by atoms with Crippen molar-refractivity contribution in [1.82, 2.24) is 0 Å². The van der Waals surface area contributed by atoms with Gasteiger partial charge in [0.2, 0.25) is 0 Å². The number of hydrogen-bond donors (Lipinski definition) is 2. The molecule has 0 saturated carbocycles. The molecule has 108 valence electrons. The van der Waals surface area contributed by atoms with Gasteiger partial charge in [-0.25, -0.2) is 0 Å². The number of nitrogens with two attached hydrogens (primary N) is 1. The van der Waals surface area contributed by atoms with E-state index in [2.05, 4.69) is 0 Å². The summed E-state index contributed by atoms with van der Waals surface area (Å²) >= 11 is 6.13. The van der Waals surface area contributed by atoms with Gasteiger partial charge in [0.25, 0.3) is 0 Å². The van der Waals surface area contributed by atoms with Crippen LogP contribution in [-0.2, 0) is 13.0 Å². The number of ether oxygens (including phenoxy) is 2. The van der Waals surface area contributed by atoms with Crippen molar-refractivity contribution in [3.8, 4) is 11.5 Å². The lowest BCUT2D eigenvalue weighted by Gasteiger charge is -2.13. The molecular weight excluding hydrogens is 288 g/mol. The Labute approximate surface area is 127 Å². The summed E-state index contributed by atoms with van der Waals surface area (Å²) in [5.74, 6) is 1.43. The van der Waals surface area contributed by atoms with E-state index in [9.17, 15) is 0 Å². The summed E-state index contributed by atoms with van der Waals surface area (Å²) < 4.78 is 11.5. The maximum Gasteiger partial charge on any atom is 0.130 e. The summed E-state index contributed by atoms with van der Waals surface area (Å²) in [4.78, 5) is 0. The highest BCUT2D eigenvalue weighted by molar-refractivity contribution is 6.30. The number of nitrogens with one attached hydrogen (secondary N) is 1. The van der Waals surface area contributed by atoms with Gasteiger partial charge in [-0.05, 0) is 29.8 Å². The van der Waals surface area contributed by atoms with Gasteiger partial charge in [0, 0.05) is 17.0 Å². The van der Waals surface area contributed by atoms with Gasteiger partial charge in [-0.1, -0.05) is 23.7 Å². The Morgan fingerprint density at radius 2 is 2.14 bits per heavy atom. The van der Waals surface area contributed by atoms with E-state index >= 15 is 0 Å². The molecule has 0 saturated heterocycles. The monoisotopic (exact) mass is 302 g/mol. The van der Waals surface area contributed by atoms with Gasteiger partial charge in [0.15, 0.2) is 0 Å². The third kappa shape index (κ3) is 2.81. The first-order chi connectivity index (χ1) is 10.1. The number of rotatable bonds is 4. The molecule has 3 N–H and O–H groups in total. The van der Waals surface area contributed by atoms with Gasteiger partial charge in [0.1, 0.15) is 23.9 Å². The Bertz CT molecular complexity index is 701. The Morgan fingerprint density at radius 3 is 2.95 bits per heavy atom. The number of nitrogen functional groups attached to an aromatic ring is 1. The van der Waals surface area contributed by atoms with Crippen LogP contribution in [0, 0.1) is 5.41 Å². The molecule has 0 radical (unpaired) electrons. The first-order valence-corrected chi connectivity index (χ1v) is 7.03. The van der Waals surface area contributed by atoms with E-state index in [-0.39, 0.29) is 5.84 Å². The quantitative estimate of drug-likeness (QED) is 0.673. The van der Waals surface area contributed by atoms with Crippen LogP contribution in [0.5, 0.6) is 11.5 Å².